The molecule has 0 radical (unpaired) electrons. The number of ether oxygens (including phenoxy) is 2. The van der Waals surface area contributed by atoms with Gasteiger partial charge in [0, 0.05) is 37.4 Å². The third-order valence-corrected chi connectivity index (χ3v) is 6.43. The Bertz CT molecular complexity index is 781. The fourth-order valence-electron chi connectivity index (χ4n) is 3.50. The average molecular weight is 371 g/mol. The van der Waals surface area contributed by atoms with Crippen LogP contribution in [0, 0.1) is 0 Å². The van der Waals surface area contributed by atoms with E-state index in [4.69, 9.17) is 9.47 Å². The van der Waals surface area contributed by atoms with Crippen LogP contribution in [0.4, 0.5) is 0 Å². The predicted molar refractivity (Wildman–Crippen MR) is 99.3 cm³/mol. The van der Waals surface area contributed by atoms with Gasteiger partial charge in [0.05, 0.1) is 24.6 Å². The minimum atomic E-state index is -0.0117. The predicted octanol–water partition coefficient (Wildman–Crippen LogP) is 2.40. The fraction of sp³-hybridized carbons (Fsp3) is 0.421. The van der Waals surface area contributed by atoms with E-state index in [0.717, 1.165) is 30.8 Å². The number of thioether (sulfide) groups is 1. The van der Waals surface area contributed by atoms with Crippen LogP contribution < -0.4 is 4.74 Å². The van der Waals surface area contributed by atoms with Crippen LogP contribution in [0.5, 0.6) is 5.88 Å². The van der Waals surface area contributed by atoms with Gasteiger partial charge in [0.2, 0.25) is 5.88 Å². The molecule has 0 aliphatic carbocycles. The number of carbonyl (C=O) groups excluding carboxylic acids is 1. The maximum atomic E-state index is 12.7. The lowest BCUT2D eigenvalue weighted by Crippen LogP contribution is -2.60. The highest BCUT2D eigenvalue weighted by molar-refractivity contribution is 8.01. The maximum absolute atomic E-state index is 12.7. The van der Waals surface area contributed by atoms with Gasteiger partial charge in [0.15, 0.2) is 0 Å². The van der Waals surface area contributed by atoms with E-state index in [9.17, 15) is 4.79 Å². The minimum Gasteiger partial charge on any atom is -0.480 e. The highest BCUT2D eigenvalue weighted by Crippen LogP contribution is 2.46. The van der Waals surface area contributed by atoms with E-state index in [-0.39, 0.29) is 16.8 Å². The number of carbonyl (C=O) groups is 1. The smallest absolute Gasteiger partial charge is 0.259 e. The van der Waals surface area contributed by atoms with Crippen LogP contribution in [-0.4, -0.2) is 57.6 Å². The van der Waals surface area contributed by atoms with Crippen molar-refractivity contribution in [1.29, 1.82) is 0 Å². The van der Waals surface area contributed by atoms with Crippen LogP contribution in [0.2, 0.25) is 0 Å². The molecular formula is C19H21N3O3S. The molecule has 6 nitrogen and oxygen atoms in total. The monoisotopic (exact) mass is 371 g/mol. The van der Waals surface area contributed by atoms with Gasteiger partial charge in [-0.3, -0.25) is 9.78 Å². The van der Waals surface area contributed by atoms with E-state index in [1.54, 1.807) is 30.7 Å². The highest BCUT2D eigenvalue weighted by atomic mass is 32.2. The number of hydrogen-bond donors (Lipinski definition) is 0. The van der Waals surface area contributed by atoms with Crippen LogP contribution in [-0.2, 0) is 11.3 Å². The number of hydrogen-bond acceptors (Lipinski definition) is 6. The van der Waals surface area contributed by atoms with E-state index in [2.05, 4.69) is 9.97 Å². The summed E-state index contributed by atoms with van der Waals surface area (Å²) in [4.78, 5) is 22.7. The molecule has 2 saturated heterocycles. The number of nitrogens with zero attached hydrogens (tertiary/aromatic N) is 3. The lowest BCUT2D eigenvalue weighted by Gasteiger charge is -2.47. The zero-order valence-corrected chi connectivity index (χ0v) is 15.4. The summed E-state index contributed by atoms with van der Waals surface area (Å²) in [6.45, 7) is 2.12. The molecule has 136 valence electrons. The number of pyridine rings is 2. The first kappa shape index (κ1) is 17.3. The molecule has 1 spiro atoms. The second-order valence-corrected chi connectivity index (χ2v) is 8.20. The quantitative estimate of drug-likeness (QED) is 0.804. The van der Waals surface area contributed by atoms with Gasteiger partial charge in [0.25, 0.3) is 5.91 Å². The molecule has 0 aromatic carbocycles. The van der Waals surface area contributed by atoms with Crippen molar-refractivity contribution in [2.45, 2.75) is 23.9 Å². The molecule has 4 heterocycles. The third kappa shape index (κ3) is 3.41. The van der Waals surface area contributed by atoms with E-state index < -0.39 is 0 Å². The Morgan fingerprint density at radius 3 is 2.88 bits per heavy atom. The minimum absolute atomic E-state index is 0.0117. The van der Waals surface area contributed by atoms with Crippen LogP contribution in [0.3, 0.4) is 0 Å². The fourth-order valence-corrected chi connectivity index (χ4v) is 5.05. The van der Waals surface area contributed by atoms with Crippen LogP contribution >= 0.6 is 11.8 Å². The Balaban J connectivity index is 1.31. The topological polar surface area (TPSA) is 64.5 Å². The third-order valence-electron chi connectivity index (χ3n) is 4.85. The summed E-state index contributed by atoms with van der Waals surface area (Å²) in [5.74, 6) is 1.35. The Hall–Kier alpha value is -2.12. The summed E-state index contributed by atoms with van der Waals surface area (Å²) in [5, 5.41) is 0. The van der Waals surface area contributed by atoms with Crippen molar-refractivity contribution in [3.63, 3.8) is 0 Å². The van der Waals surface area contributed by atoms with E-state index in [1.165, 1.54) is 7.11 Å². The van der Waals surface area contributed by atoms with Gasteiger partial charge in [0.1, 0.15) is 5.56 Å². The molecule has 7 heteroatoms. The Labute approximate surface area is 156 Å². The standard InChI is InChI=1S/C19H21N3O3S/c1-24-17-16(3-2-6-21-17)18(23)22-12-19(13-22)9-15(11-26-19)25-10-14-4-7-20-8-5-14/h2-8,15H,9-13H2,1H3/t15-/m1/s1. The van der Waals surface area contributed by atoms with Gasteiger partial charge in [-0.1, -0.05) is 0 Å². The first-order valence-corrected chi connectivity index (χ1v) is 9.60. The molecule has 2 aliphatic heterocycles. The van der Waals surface area contributed by atoms with Gasteiger partial charge in [-0.05, 0) is 36.2 Å². The first-order valence-electron chi connectivity index (χ1n) is 8.62. The van der Waals surface area contributed by atoms with Crippen molar-refractivity contribution in [2.75, 3.05) is 26.0 Å². The zero-order chi connectivity index (χ0) is 18.0. The molecule has 0 saturated carbocycles. The Morgan fingerprint density at radius 2 is 2.12 bits per heavy atom. The highest BCUT2D eigenvalue weighted by Gasteiger charge is 2.51. The summed E-state index contributed by atoms with van der Waals surface area (Å²) < 4.78 is 11.4. The van der Waals surface area contributed by atoms with Crippen molar-refractivity contribution in [1.82, 2.24) is 14.9 Å². The van der Waals surface area contributed by atoms with E-state index in [1.807, 2.05) is 28.8 Å². The van der Waals surface area contributed by atoms with Crippen LogP contribution in [0.15, 0.2) is 42.9 Å². The van der Waals surface area contributed by atoms with Crippen molar-refractivity contribution in [2.24, 2.45) is 0 Å². The zero-order valence-electron chi connectivity index (χ0n) is 14.6. The number of likely N-dealkylation sites (tertiary alicyclic amines) is 1. The second-order valence-electron chi connectivity index (χ2n) is 6.71. The summed E-state index contributed by atoms with van der Waals surface area (Å²) in [5.41, 5.74) is 1.67. The van der Waals surface area contributed by atoms with Gasteiger partial charge in [-0.15, -0.1) is 11.8 Å². The average Bonchev–Trinajstić information content (AvgIpc) is 3.10. The van der Waals surface area contributed by atoms with E-state index in [0.29, 0.717) is 18.1 Å². The number of amides is 1. The molecule has 2 fully saturated rings. The normalized spacial score (nSPS) is 20.8. The van der Waals surface area contributed by atoms with Crippen molar-refractivity contribution < 1.29 is 14.3 Å². The SMILES string of the molecule is COc1ncccc1C(=O)N1CC2(C[C@@H](OCc3ccncc3)CS2)C1. The first-order chi connectivity index (χ1) is 12.7. The molecule has 0 bridgehead atoms. The molecule has 1 atom stereocenters. The molecule has 2 aromatic rings. The lowest BCUT2D eigenvalue weighted by molar-refractivity contribution is 0.0254. The van der Waals surface area contributed by atoms with Gasteiger partial charge < -0.3 is 14.4 Å². The van der Waals surface area contributed by atoms with Crippen molar-refractivity contribution in [3.8, 4) is 5.88 Å². The number of rotatable bonds is 5. The van der Waals surface area contributed by atoms with Gasteiger partial charge in [-0.2, -0.15) is 0 Å². The van der Waals surface area contributed by atoms with Gasteiger partial charge >= 0.3 is 0 Å². The molecule has 0 N–H and O–H groups in total. The second kappa shape index (κ2) is 7.25. The van der Waals surface area contributed by atoms with Gasteiger partial charge in [-0.25, -0.2) is 4.98 Å². The molecule has 1 amide bonds. The lowest BCUT2D eigenvalue weighted by atomic mass is 9.92. The summed E-state index contributed by atoms with van der Waals surface area (Å²) in [7, 11) is 1.54. The maximum Gasteiger partial charge on any atom is 0.259 e. The largest absolute Gasteiger partial charge is 0.480 e. The molecular weight excluding hydrogens is 350 g/mol. The van der Waals surface area contributed by atoms with E-state index >= 15 is 0 Å². The Morgan fingerprint density at radius 1 is 1.31 bits per heavy atom. The summed E-state index contributed by atoms with van der Waals surface area (Å²) in [6, 6.07) is 7.48. The molecule has 2 aromatic heterocycles. The van der Waals surface area contributed by atoms with Crippen LogP contribution in [0.25, 0.3) is 0 Å². The number of aromatic nitrogens is 2. The molecule has 2 aliphatic rings. The molecule has 0 unspecified atom stereocenters. The number of methoxy groups -OCH3 is 1. The van der Waals surface area contributed by atoms with Crippen LogP contribution in [0.1, 0.15) is 22.3 Å². The molecule has 26 heavy (non-hydrogen) atoms. The van der Waals surface area contributed by atoms with Crippen molar-refractivity contribution >= 4 is 17.7 Å². The molecule has 4 rings (SSSR count). The Kier molecular flexibility index (Phi) is 4.82. The van der Waals surface area contributed by atoms with Crippen molar-refractivity contribution in [3.05, 3.63) is 54.0 Å². The summed E-state index contributed by atoms with van der Waals surface area (Å²) in [6.07, 6.45) is 6.41. The summed E-state index contributed by atoms with van der Waals surface area (Å²) >= 11 is 1.92.